The van der Waals surface area contributed by atoms with Crippen molar-refractivity contribution in [2.24, 2.45) is 0 Å². The highest BCUT2D eigenvalue weighted by atomic mass is 19.1. The van der Waals surface area contributed by atoms with Gasteiger partial charge in [-0.15, -0.1) is 0 Å². The molecule has 0 N–H and O–H groups in total. The van der Waals surface area contributed by atoms with Crippen molar-refractivity contribution >= 4 is 5.91 Å². The van der Waals surface area contributed by atoms with Crippen molar-refractivity contribution in [3.8, 4) is 0 Å². The fraction of sp³-hybridized carbons (Fsp3) is 0.650. The minimum atomic E-state index is -0.320. The molecule has 2 heterocycles. The van der Waals surface area contributed by atoms with E-state index in [1.165, 1.54) is 6.07 Å². The molecule has 4 nitrogen and oxygen atoms in total. The molecule has 4 rings (SSSR count). The fourth-order valence-corrected chi connectivity index (χ4v) is 4.22. The molecule has 3 fully saturated rings. The number of carbonyl (C=O) groups excluding carboxylic acids is 1. The van der Waals surface area contributed by atoms with Crippen molar-refractivity contribution in [1.82, 2.24) is 9.80 Å². The zero-order valence-corrected chi connectivity index (χ0v) is 14.9. The Balaban J connectivity index is 1.33. The maximum Gasteiger partial charge on any atom is 0.251 e. The molecular weight excluding hydrogens is 319 g/mol. The van der Waals surface area contributed by atoms with Crippen LogP contribution in [0.1, 0.15) is 38.2 Å². The van der Waals surface area contributed by atoms with Crippen LogP contribution in [-0.2, 0) is 16.0 Å². The van der Waals surface area contributed by atoms with Crippen molar-refractivity contribution in [1.29, 1.82) is 0 Å². The van der Waals surface area contributed by atoms with Gasteiger partial charge in [0.25, 0.3) is 5.91 Å². The van der Waals surface area contributed by atoms with Gasteiger partial charge >= 0.3 is 0 Å². The van der Waals surface area contributed by atoms with Crippen LogP contribution in [0.3, 0.4) is 0 Å². The Morgan fingerprint density at radius 2 is 1.96 bits per heavy atom. The first-order chi connectivity index (χ1) is 12.1. The SMILES string of the molecule is CC1OC2(CCN(CCc3ccccc3F)CC2)CN(C2CC2)C1=O. The van der Waals surface area contributed by atoms with Crippen molar-refractivity contribution < 1.29 is 13.9 Å². The molecule has 1 aromatic rings. The third-order valence-corrected chi connectivity index (χ3v) is 5.93. The molecule has 1 amide bonds. The van der Waals surface area contributed by atoms with Crippen molar-refractivity contribution in [3.63, 3.8) is 0 Å². The lowest BCUT2D eigenvalue weighted by molar-refractivity contribution is -0.190. The molecule has 2 saturated heterocycles. The second kappa shape index (κ2) is 6.69. The van der Waals surface area contributed by atoms with Crippen LogP contribution >= 0.6 is 0 Å². The Morgan fingerprint density at radius 3 is 2.64 bits per heavy atom. The third kappa shape index (κ3) is 3.58. The summed E-state index contributed by atoms with van der Waals surface area (Å²) in [4.78, 5) is 16.8. The number of benzene rings is 1. The molecule has 1 aromatic carbocycles. The van der Waals surface area contributed by atoms with Crippen molar-refractivity contribution in [3.05, 3.63) is 35.6 Å². The van der Waals surface area contributed by atoms with Crippen LogP contribution in [0.15, 0.2) is 24.3 Å². The van der Waals surface area contributed by atoms with E-state index in [1.54, 1.807) is 6.07 Å². The first kappa shape index (κ1) is 17.0. The van der Waals surface area contributed by atoms with E-state index in [9.17, 15) is 9.18 Å². The van der Waals surface area contributed by atoms with Crippen LogP contribution in [0.25, 0.3) is 0 Å². The van der Waals surface area contributed by atoms with Gasteiger partial charge in [0, 0.05) is 25.7 Å². The van der Waals surface area contributed by atoms with Gasteiger partial charge in [0.2, 0.25) is 0 Å². The number of hydrogen-bond donors (Lipinski definition) is 0. The number of ether oxygens (including phenoxy) is 1. The predicted octanol–water partition coefficient (Wildman–Crippen LogP) is 2.61. The highest BCUT2D eigenvalue weighted by Gasteiger charge is 2.48. The molecule has 1 atom stereocenters. The van der Waals surface area contributed by atoms with Gasteiger partial charge in [0.05, 0.1) is 12.1 Å². The Hall–Kier alpha value is -1.46. The zero-order chi connectivity index (χ0) is 17.4. The average Bonchev–Trinajstić information content (AvgIpc) is 3.44. The summed E-state index contributed by atoms with van der Waals surface area (Å²) in [7, 11) is 0. The standard InChI is InChI=1S/C20H27FN2O2/c1-15-19(24)23(17-6-7-17)14-20(25-15)9-12-22(13-10-20)11-8-16-4-2-3-5-18(16)21/h2-5,15,17H,6-14H2,1H3. The number of amides is 1. The van der Waals surface area contributed by atoms with Crippen molar-refractivity contribution in [2.75, 3.05) is 26.2 Å². The largest absolute Gasteiger partial charge is 0.360 e. The van der Waals surface area contributed by atoms with E-state index >= 15 is 0 Å². The van der Waals surface area contributed by atoms with Gasteiger partial charge in [-0.05, 0) is 50.7 Å². The first-order valence-corrected chi connectivity index (χ1v) is 9.50. The lowest BCUT2D eigenvalue weighted by Gasteiger charge is -2.49. The van der Waals surface area contributed by atoms with Gasteiger partial charge in [-0.2, -0.15) is 0 Å². The molecule has 136 valence electrons. The van der Waals surface area contributed by atoms with E-state index in [1.807, 2.05) is 19.1 Å². The maximum absolute atomic E-state index is 13.8. The number of nitrogens with zero attached hydrogens (tertiary/aromatic N) is 2. The third-order valence-electron chi connectivity index (χ3n) is 5.93. The van der Waals surface area contributed by atoms with E-state index in [0.29, 0.717) is 6.04 Å². The quantitative estimate of drug-likeness (QED) is 0.840. The van der Waals surface area contributed by atoms with E-state index in [4.69, 9.17) is 4.74 Å². The molecule has 1 aliphatic carbocycles. The van der Waals surface area contributed by atoms with Crippen molar-refractivity contribution in [2.45, 2.75) is 56.8 Å². The molecule has 1 saturated carbocycles. The number of carbonyl (C=O) groups is 1. The van der Waals surface area contributed by atoms with Crippen LogP contribution in [0, 0.1) is 5.82 Å². The lowest BCUT2D eigenvalue weighted by atomic mass is 9.88. The van der Waals surface area contributed by atoms with Gasteiger partial charge in [0.1, 0.15) is 11.9 Å². The predicted molar refractivity (Wildman–Crippen MR) is 93.8 cm³/mol. The van der Waals surface area contributed by atoms with Crippen LogP contribution in [0.5, 0.6) is 0 Å². The summed E-state index contributed by atoms with van der Waals surface area (Å²) in [6.45, 7) is 5.42. The second-order valence-electron chi connectivity index (χ2n) is 7.82. The summed E-state index contributed by atoms with van der Waals surface area (Å²) in [5.74, 6) is 0.0501. The summed E-state index contributed by atoms with van der Waals surface area (Å²) in [5.41, 5.74) is 0.612. The molecule has 5 heteroatoms. The smallest absolute Gasteiger partial charge is 0.251 e. The van der Waals surface area contributed by atoms with Crippen LogP contribution < -0.4 is 0 Å². The monoisotopic (exact) mass is 346 g/mol. The molecule has 2 aliphatic heterocycles. The van der Waals surface area contributed by atoms with Crippen LogP contribution in [0.2, 0.25) is 0 Å². The Bertz CT molecular complexity index is 638. The minimum absolute atomic E-state index is 0.112. The maximum atomic E-state index is 13.8. The molecule has 25 heavy (non-hydrogen) atoms. The summed E-state index contributed by atoms with van der Waals surface area (Å²) >= 11 is 0. The summed E-state index contributed by atoms with van der Waals surface area (Å²) in [5, 5.41) is 0. The molecule has 0 aromatic heterocycles. The molecule has 3 aliphatic rings. The molecular formula is C20H27FN2O2. The molecule has 1 spiro atoms. The normalized spacial score (nSPS) is 27.0. The Morgan fingerprint density at radius 1 is 1.24 bits per heavy atom. The molecule has 1 unspecified atom stereocenters. The fourth-order valence-electron chi connectivity index (χ4n) is 4.22. The number of morpholine rings is 1. The average molecular weight is 346 g/mol. The van der Waals surface area contributed by atoms with Crippen LogP contribution in [0.4, 0.5) is 4.39 Å². The van der Waals surface area contributed by atoms with Gasteiger partial charge in [-0.3, -0.25) is 4.79 Å². The second-order valence-corrected chi connectivity index (χ2v) is 7.82. The topological polar surface area (TPSA) is 32.8 Å². The summed E-state index contributed by atoms with van der Waals surface area (Å²) in [6.07, 6.45) is 4.60. The summed E-state index contributed by atoms with van der Waals surface area (Å²) in [6, 6.07) is 7.48. The highest BCUT2D eigenvalue weighted by Crippen LogP contribution is 2.38. The lowest BCUT2D eigenvalue weighted by Crippen LogP contribution is -2.61. The highest BCUT2D eigenvalue weighted by molar-refractivity contribution is 5.82. The first-order valence-electron chi connectivity index (χ1n) is 9.50. The molecule has 0 bridgehead atoms. The number of rotatable bonds is 4. The van der Waals surface area contributed by atoms with E-state index in [0.717, 1.165) is 63.8 Å². The van der Waals surface area contributed by atoms with Gasteiger partial charge in [-0.25, -0.2) is 4.39 Å². The molecule has 0 radical (unpaired) electrons. The van der Waals surface area contributed by atoms with Gasteiger partial charge < -0.3 is 14.5 Å². The Labute approximate surface area is 148 Å². The van der Waals surface area contributed by atoms with E-state index < -0.39 is 0 Å². The van der Waals surface area contributed by atoms with Crippen LogP contribution in [-0.4, -0.2) is 59.6 Å². The van der Waals surface area contributed by atoms with Gasteiger partial charge in [-0.1, -0.05) is 18.2 Å². The van der Waals surface area contributed by atoms with Gasteiger partial charge in [0.15, 0.2) is 0 Å². The van der Waals surface area contributed by atoms with E-state index in [-0.39, 0.29) is 23.4 Å². The number of likely N-dealkylation sites (tertiary alicyclic amines) is 1. The Kier molecular flexibility index (Phi) is 4.54. The van der Waals surface area contributed by atoms with E-state index in [2.05, 4.69) is 9.80 Å². The minimum Gasteiger partial charge on any atom is -0.360 e. The number of hydrogen-bond acceptors (Lipinski definition) is 3. The number of halogens is 1. The summed E-state index contributed by atoms with van der Waals surface area (Å²) < 4.78 is 19.9. The zero-order valence-electron chi connectivity index (χ0n) is 14.9. The number of piperidine rings is 1.